The Morgan fingerprint density at radius 2 is 2.05 bits per heavy atom. The van der Waals surface area contributed by atoms with Crippen molar-refractivity contribution in [3.8, 4) is 0 Å². The molecule has 21 heavy (non-hydrogen) atoms. The molecular weight excluding hydrogens is 288 g/mol. The van der Waals surface area contributed by atoms with E-state index in [0.29, 0.717) is 6.54 Å². The van der Waals surface area contributed by atoms with Crippen molar-refractivity contribution in [3.05, 3.63) is 48.3 Å². The van der Waals surface area contributed by atoms with Crippen molar-refractivity contribution in [3.63, 3.8) is 0 Å². The molecule has 0 aliphatic carbocycles. The lowest BCUT2D eigenvalue weighted by atomic mass is 10.2. The highest BCUT2D eigenvalue weighted by Crippen LogP contribution is 2.13. The van der Waals surface area contributed by atoms with Crippen LogP contribution in [-0.2, 0) is 18.4 Å². The number of nitrogens with one attached hydrogen (secondary N) is 2. The predicted molar refractivity (Wildman–Crippen MR) is 80.8 cm³/mol. The van der Waals surface area contributed by atoms with Crippen molar-refractivity contribution in [2.75, 3.05) is 5.75 Å². The molecule has 0 bridgehead atoms. The zero-order valence-corrected chi connectivity index (χ0v) is 12.4. The third kappa shape index (κ3) is 4.96. The summed E-state index contributed by atoms with van der Waals surface area (Å²) in [5, 5.41) is 5.65. The number of thioether (sulfide) groups is 1. The highest BCUT2D eigenvalue weighted by molar-refractivity contribution is 7.99. The molecule has 2 rings (SSSR count). The van der Waals surface area contributed by atoms with Crippen molar-refractivity contribution in [1.82, 2.24) is 20.2 Å². The molecule has 0 unspecified atom stereocenters. The number of rotatable bonds is 5. The molecule has 110 valence electrons. The minimum atomic E-state index is -0.496. The van der Waals surface area contributed by atoms with E-state index in [2.05, 4.69) is 15.6 Å². The summed E-state index contributed by atoms with van der Waals surface area (Å²) in [6.45, 7) is 0.381. The summed E-state index contributed by atoms with van der Waals surface area (Å²) in [5.74, 6) is -0.211. The van der Waals surface area contributed by atoms with Gasteiger partial charge in [0, 0.05) is 26.0 Å². The average molecular weight is 304 g/mol. The molecule has 0 saturated heterocycles. The highest BCUT2D eigenvalue weighted by Gasteiger charge is 2.09. The number of nitrogens with zero attached hydrogens (tertiary/aromatic N) is 2. The van der Waals surface area contributed by atoms with E-state index in [9.17, 15) is 9.59 Å². The number of amides is 3. The summed E-state index contributed by atoms with van der Waals surface area (Å²) in [5.41, 5.74) is 0.975. The zero-order valence-electron chi connectivity index (χ0n) is 11.6. The smallest absolute Gasteiger partial charge is 0.321 e. The number of imidazole rings is 1. The summed E-state index contributed by atoms with van der Waals surface area (Å²) in [6.07, 6.45) is 3.46. The van der Waals surface area contributed by atoms with E-state index in [-0.39, 0.29) is 11.7 Å². The lowest BCUT2D eigenvalue weighted by Crippen LogP contribution is -2.39. The maximum absolute atomic E-state index is 11.6. The number of hydrogen-bond donors (Lipinski definition) is 2. The van der Waals surface area contributed by atoms with Gasteiger partial charge >= 0.3 is 6.03 Å². The van der Waals surface area contributed by atoms with Crippen LogP contribution in [-0.4, -0.2) is 27.2 Å². The van der Waals surface area contributed by atoms with Gasteiger partial charge in [0.05, 0.1) is 5.75 Å². The summed E-state index contributed by atoms with van der Waals surface area (Å²) >= 11 is 1.28. The lowest BCUT2D eigenvalue weighted by molar-refractivity contribution is -0.117. The number of carbonyl (C=O) groups excluding carboxylic acids is 2. The molecule has 1 heterocycles. The Hall–Kier alpha value is -2.28. The first-order chi connectivity index (χ1) is 10.1. The summed E-state index contributed by atoms with van der Waals surface area (Å²) in [7, 11) is 1.85. The zero-order chi connectivity index (χ0) is 15.1. The Morgan fingerprint density at radius 1 is 1.29 bits per heavy atom. The van der Waals surface area contributed by atoms with Crippen LogP contribution in [0.4, 0.5) is 4.79 Å². The molecule has 2 N–H and O–H groups in total. The number of benzene rings is 1. The summed E-state index contributed by atoms with van der Waals surface area (Å²) in [6, 6.07) is 9.00. The first-order valence-electron chi connectivity index (χ1n) is 6.37. The molecule has 6 nitrogen and oxygen atoms in total. The van der Waals surface area contributed by atoms with Gasteiger partial charge in [0.2, 0.25) is 5.91 Å². The number of urea groups is 1. The Kier molecular flexibility index (Phi) is 5.39. The molecule has 2 aromatic rings. The van der Waals surface area contributed by atoms with Crippen LogP contribution in [0.25, 0.3) is 0 Å². The minimum absolute atomic E-state index is 0.142. The van der Waals surface area contributed by atoms with Crippen LogP contribution >= 0.6 is 11.8 Å². The molecule has 7 heteroatoms. The van der Waals surface area contributed by atoms with Crippen LogP contribution in [0.2, 0.25) is 0 Å². The van der Waals surface area contributed by atoms with Gasteiger partial charge in [0.25, 0.3) is 0 Å². The van der Waals surface area contributed by atoms with E-state index in [4.69, 9.17) is 0 Å². The van der Waals surface area contributed by atoms with Gasteiger partial charge in [-0.2, -0.15) is 0 Å². The van der Waals surface area contributed by atoms with Gasteiger partial charge in [-0.3, -0.25) is 10.1 Å². The largest absolute Gasteiger partial charge is 0.334 e. The third-order valence-corrected chi connectivity index (χ3v) is 3.72. The molecule has 3 amide bonds. The summed E-state index contributed by atoms with van der Waals surface area (Å²) < 4.78 is 1.81. The second-order valence-corrected chi connectivity index (χ2v) is 5.27. The van der Waals surface area contributed by atoms with Crippen molar-refractivity contribution in [2.45, 2.75) is 11.7 Å². The Bertz CT molecular complexity index is 612. The molecule has 0 aliphatic heterocycles. The molecule has 0 aliphatic rings. The van der Waals surface area contributed by atoms with Crippen LogP contribution in [0.15, 0.2) is 47.9 Å². The van der Waals surface area contributed by atoms with Gasteiger partial charge < -0.3 is 9.88 Å². The molecule has 0 spiro atoms. The number of carbonyl (C=O) groups is 2. The number of aryl methyl sites for hydroxylation is 1. The summed E-state index contributed by atoms with van der Waals surface area (Å²) in [4.78, 5) is 27.3. The fraction of sp³-hybridized carbons (Fsp3) is 0.214. The topological polar surface area (TPSA) is 76.0 Å². The first kappa shape index (κ1) is 15.1. The number of aromatic nitrogens is 2. The minimum Gasteiger partial charge on any atom is -0.334 e. The molecular formula is C14H16N4O2S. The van der Waals surface area contributed by atoms with Crippen molar-refractivity contribution < 1.29 is 9.59 Å². The second kappa shape index (κ2) is 7.49. The van der Waals surface area contributed by atoms with Gasteiger partial charge in [0.15, 0.2) is 5.16 Å². The quantitative estimate of drug-likeness (QED) is 0.822. The molecule has 0 fully saturated rings. The molecule has 1 aromatic carbocycles. The predicted octanol–water partition coefficient (Wildman–Crippen LogP) is 1.54. The number of hydrogen-bond acceptors (Lipinski definition) is 4. The van der Waals surface area contributed by atoms with Crippen molar-refractivity contribution >= 4 is 23.7 Å². The Balaban J connectivity index is 1.70. The van der Waals surface area contributed by atoms with Crippen LogP contribution < -0.4 is 10.6 Å². The maximum atomic E-state index is 11.6. The maximum Gasteiger partial charge on any atom is 0.321 e. The van der Waals surface area contributed by atoms with Crippen LogP contribution in [0.5, 0.6) is 0 Å². The van der Waals surface area contributed by atoms with E-state index in [0.717, 1.165) is 10.7 Å². The lowest BCUT2D eigenvalue weighted by Gasteiger charge is -2.06. The van der Waals surface area contributed by atoms with Crippen molar-refractivity contribution in [1.29, 1.82) is 0 Å². The van der Waals surface area contributed by atoms with Gasteiger partial charge in [0.1, 0.15) is 0 Å². The van der Waals surface area contributed by atoms with Crippen LogP contribution in [0.1, 0.15) is 5.56 Å². The Morgan fingerprint density at radius 3 is 2.71 bits per heavy atom. The molecule has 0 radical (unpaired) electrons. The number of imide groups is 1. The first-order valence-corrected chi connectivity index (χ1v) is 7.35. The molecule has 0 saturated carbocycles. The average Bonchev–Trinajstić information content (AvgIpc) is 2.89. The standard InChI is InChI=1S/C14H16N4O2S/c1-18-8-7-15-14(18)21-10-12(19)17-13(20)16-9-11-5-3-2-4-6-11/h2-8H,9-10H2,1H3,(H2,16,17,19,20). The van der Waals surface area contributed by atoms with E-state index in [1.54, 1.807) is 12.4 Å². The monoisotopic (exact) mass is 304 g/mol. The van der Waals surface area contributed by atoms with Crippen LogP contribution in [0, 0.1) is 0 Å². The second-order valence-electron chi connectivity index (χ2n) is 4.33. The van der Waals surface area contributed by atoms with E-state index in [1.807, 2.05) is 41.9 Å². The van der Waals surface area contributed by atoms with Gasteiger partial charge in [-0.25, -0.2) is 9.78 Å². The Labute approximate surface area is 126 Å². The fourth-order valence-electron chi connectivity index (χ4n) is 1.61. The van der Waals surface area contributed by atoms with E-state index < -0.39 is 6.03 Å². The SMILES string of the molecule is Cn1ccnc1SCC(=O)NC(=O)NCc1ccccc1. The van der Waals surface area contributed by atoms with E-state index >= 15 is 0 Å². The van der Waals surface area contributed by atoms with Crippen molar-refractivity contribution in [2.24, 2.45) is 7.05 Å². The van der Waals surface area contributed by atoms with Crippen LogP contribution in [0.3, 0.4) is 0 Å². The third-order valence-electron chi connectivity index (χ3n) is 2.66. The van der Waals surface area contributed by atoms with Gasteiger partial charge in [-0.05, 0) is 5.56 Å². The van der Waals surface area contributed by atoms with Gasteiger partial charge in [-0.15, -0.1) is 0 Å². The fourth-order valence-corrected chi connectivity index (χ4v) is 2.34. The molecule has 0 atom stereocenters. The normalized spacial score (nSPS) is 10.1. The van der Waals surface area contributed by atoms with E-state index in [1.165, 1.54) is 11.8 Å². The van der Waals surface area contributed by atoms with Gasteiger partial charge in [-0.1, -0.05) is 42.1 Å². The molecule has 1 aromatic heterocycles. The highest BCUT2D eigenvalue weighted by atomic mass is 32.2.